The first-order valence-electron chi connectivity index (χ1n) is 44.5. The molecule has 10 aliphatic rings. The van der Waals surface area contributed by atoms with Gasteiger partial charge in [0.25, 0.3) is 0 Å². The fraction of sp³-hybridized carbons (Fsp3) is 0.645. The number of amides is 6. The Kier molecular flexibility index (Phi) is 33.5. The Bertz CT molecular complexity index is 4930. The van der Waals surface area contributed by atoms with E-state index in [-0.39, 0.29) is 129 Å². The van der Waals surface area contributed by atoms with Crippen molar-refractivity contribution in [3.8, 4) is 17.6 Å². The number of carbonyl (C=O) groups is 6. The fourth-order valence-corrected chi connectivity index (χ4v) is 20.1. The zero-order valence-electron chi connectivity index (χ0n) is 74.0. The number of hydrogen-bond donors (Lipinski definition) is 3. The molecule has 6 aliphatic heterocycles. The maximum atomic E-state index is 14.1. The molecule has 3 aromatic carbocycles. The summed E-state index contributed by atoms with van der Waals surface area (Å²) in [6.07, 6.45) is 22.8. The van der Waals surface area contributed by atoms with Gasteiger partial charge in [-0.15, -0.1) is 0 Å². The molecular formula is C93H118Cl3N12O15V3-3. The molecule has 6 bridgehead atoms. The number of nitrogens with zero attached hydrogens (tertiary/aromatic N) is 9. The number of ether oxygens (including phenoxy) is 6. The summed E-state index contributed by atoms with van der Waals surface area (Å²) in [5, 5.41) is 10.2. The fourth-order valence-electron chi connectivity index (χ4n) is 19.6. The van der Waals surface area contributed by atoms with E-state index >= 15 is 0 Å². The Morgan fingerprint density at radius 3 is 1.14 bits per heavy atom. The Labute approximate surface area is 789 Å². The molecule has 9 heterocycles. The van der Waals surface area contributed by atoms with E-state index in [1.54, 1.807) is 36.4 Å². The minimum Gasteiger partial charge on any atom is -0.540 e. The first-order chi connectivity index (χ1) is 58.7. The third-order valence-corrected chi connectivity index (χ3v) is 27.7. The molecule has 16 rings (SSSR count). The van der Waals surface area contributed by atoms with Crippen molar-refractivity contribution in [2.45, 2.75) is 297 Å². The smallest absolute Gasteiger partial charge is 0.408 e. The van der Waals surface area contributed by atoms with Crippen molar-refractivity contribution in [3.05, 3.63) is 86.7 Å². The van der Waals surface area contributed by atoms with Gasteiger partial charge in [0, 0.05) is 70.7 Å². The number of alkyl carbamates (subject to hydrolysis) is 3. The second kappa shape index (κ2) is 42.4. The predicted octanol–water partition coefficient (Wildman–Crippen LogP) is 15.7. The van der Waals surface area contributed by atoms with Crippen LogP contribution < -0.4 is 30.2 Å². The zero-order valence-corrected chi connectivity index (χ0v) is 80.5. The maximum Gasteiger partial charge on any atom is 0.408 e. The van der Waals surface area contributed by atoms with E-state index < -0.39 is 89.1 Å². The largest absolute Gasteiger partial charge is 0.540 e. The monoisotopic (exact) mass is 1900 g/mol. The number of halogens is 3. The minimum absolute atomic E-state index is 0. The van der Waals surface area contributed by atoms with E-state index in [9.17, 15) is 43.2 Å². The van der Waals surface area contributed by atoms with Crippen LogP contribution in [-0.4, -0.2) is 192 Å². The van der Waals surface area contributed by atoms with Gasteiger partial charge in [-0.1, -0.05) is 181 Å². The first kappa shape index (κ1) is 99.5. The maximum absolute atomic E-state index is 14.1. The van der Waals surface area contributed by atoms with E-state index in [4.69, 9.17) is 93.1 Å². The summed E-state index contributed by atoms with van der Waals surface area (Å²) in [5.74, 6) is 1.42. The van der Waals surface area contributed by atoms with E-state index in [0.717, 1.165) is 143 Å². The van der Waals surface area contributed by atoms with Gasteiger partial charge in [-0.05, 0) is 214 Å². The zero-order chi connectivity index (χ0) is 87.7. The van der Waals surface area contributed by atoms with Crippen LogP contribution in [0.2, 0.25) is 15.1 Å². The molecule has 126 heavy (non-hydrogen) atoms. The first-order valence-corrected chi connectivity index (χ1v) is 45.6. The van der Waals surface area contributed by atoms with Crippen LogP contribution in [0, 0.1) is 63.6 Å². The van der Waals surface area contributed by atoms with Crippen LogP contribution in [0.25, 0.3) is 33.1 Å². The van der Waals surface area contributed by atoms with E-state index in [2.05, 4.69) is 28.5 Å². The molecule has 6 amide bonds. The Morgan fingerprint density at radius 1 is 0.381 bits per heavy atom. The molecule has 4 saturated carbocycles. The second-order valence-corrected chi connectivity index (χ2v) is 40.3. The number of benzene rings is 3. The van der Waals surface area contributed by atoms with Crippen LogP contribution in [0.15, 0.2) is 54.6 Å². The quantitative estimate of drug-likeness (QED) is 0.109. The van der Waals surface area contributed by atoms with Crippen LogP contribution >= 0.6 is 34.8 Å². The summed E-state index contributed by atoms with van der Waals surface area (Å²) in [5.41, 5.74) is 4.51. The second-order valence-electron chi connectivity index (χ2n) is 38.9. The van der Waals surface area contributed by atoms with Crippen LogP contribution in [0.4, 0.5) is 14.4 Å². The average molecular weight is 1900 g/mol. The molecule has 4 aliphatic carbocycles. The summed E-state index contributed by atoms with van der Waals surface area (Å²) in [7, 11) is 0. The van der Waals surface area contributed by atoms with Gasteiger partial charge >= 0.3 is 18.3 Å². The molecule has 27 nitrogen and oxygen atoms in total. The van der Waals surface area contributed by atoms with Gasteiger partial charge in [-0.25, -0.2) is 63.1 Å². The number of carbonyl (C=O) groups excluding carboxylic acids is 9. The number of aryl methyl sites for hydroxylation is 3. The van der Waals surface area contributed by atoms with Gasteiger partial charge in [0.05, 0.1) is 52.7 Å². The molecule has 2 unspecified atom stereocenters. The Hall–Kier alpha value is -7.07. The normalized spacial score (nSPS) is 30.5. The predicted molar refractivity (Wildman–Crippen MR) is 464 cm³/mol. The van der Waals surface area contributed by atoms with E-state index in [1.165, 1.54) is 21.1 Å². The van der Waals surface area contributed by atoms with Crippen molar-refractivity contribution in [1.29, 1.82) is 0 Å². The van der Waals surface area contributed by atoms with Gasteiger partial charge in [0.15, 0.2) is 0 Å². The van der Waals surface area contributed by atoms with Crippen molar-refractivity contribution in [2.24, 2.45) is 63.6 Å². The topological polar surface area (TPSA) is 332 Å². The van der Waals surface area contributed by atoms with E-state index in [0.29, 0.717) is 105 Å². The summed E-state index contributed by atoms with van der Waals surface area (Å²) in [6, 6.07) is 11.1. The van der Waals surface area contributed by atoms with Crippen LogP contribution in [0.3, 0.4) is 0 Å². The van der Waals surface area contributed by atoms with Crippen LogP contribution in [0.1, 0.15) is 222 Å². The minimum atomic E-state index is -0.895. The molecule has 20 atom stereocenters. The SMILES string of the molecule is CC[C@@H]1[C@@H]2CN(C(=O)[C@H](C(C)(C)C)NC(=O)O[C@@H]3CC4CC4[C@H]3CCCCCc3nc4ccc(Cl)cc4nc3O2)[C@@H]1[C-]=O.C[C@@H]1[C@@H]2CN(C(=O)[C@H](C(C)(C)C)NC(=O)O[C@@H]3CCC[C@H]3CCCCCc3nc4ccc(Cl)cc4nc3O2)[C@@H]1[C-]=O.C[C@@H]1[C@@H]2CN(C(=O)[C@H](C(C)(C)C)NC(=O)O[C@@H]3C[C@H]3CCCCCc3nc4ccc(Cl)cc4nc3O2)[C@@H]1[C-]=O.[V].[V].[V]. The number of aromatic nitrogens is 6. The Balaban J connectivity index is 0.000000182. The molecule has 679 valence electrons. The molecule has 3 aromatic heterocycles. The molecule has 3 saturated heterocycles. The molecule has 7 fully saturated rings. The molecule has 0 spiro atoms. The number of hydrogen-bond acceptors (Lipinski definition) is 21. The molecular weight excluding hydrogens is 1780 g/mol. The van der Waals surface area contributed by atoms with E-state index in [1.807, 2.05) is 108 Å². The van der Waals surface area contributed by atoms with Crippen molar-refractivity contribution < 1.29 is 127 Å². The van der Waals surface area contributed by atoms with Gasteiger partial charge in [0.1, 0.15) is 71.8 Å². The third kappa shape index (κ3) is 23.3. The van der Waals surface area contributed by atoms with Crippen molar-refractivity contribution >= 4 is 123 Å². The molecule has 33 heteroatoms. The van der Waals surface area contributed by atoms with Crippen molar-refractivity contribution in [3.63, 3.8) is 0 Å². The average Bonchev–Trinajstić information content (AvgIpc) is 1.60. The number of nitrogens with one attached hydrogen (secondary N) is 3. The van der Waals surface area contributed by atoms with Crippen molar-refractivity contribution in [2.75, 3.05) is 19.6 Å². The van der Waals surface area contributed by atoms with Gasteiger partial charge in [-0.3, -0.25) is 14.4 Å². The Morgan fingerprint density at radius 2 is 0.738 bits per heavy atom. The molecule has 3 N–H and O–H groups in total. The summed E-state index contributed by atoms with van der Waals surface area (Å²) < 4.78 is 37.0. The summed E-state index contributed by atoms with van der Waals surface area (Å²) >= 11 is 18.7. The van der Waals surface area contributed by atoms with Gasteiger partial charge in [0.2, 0.25) is 35.4 Å². The van der Waals surface area contributed by atoms with Crippen LogP contribution in [0.5, 0.6) is 17.6 Å². The molecule has 6 aromatic rings. The van der Waals surface area contributed by atoms with Gasteiger partial charge in [-0.2, -0.15) is 0 Å². The number of rotatable bonds is 4. The summed E-state index contributed by atoms with van der Waals surface area (Å²) in [4.78, 5) is 151. The number of fused-ring (bicyclic) bond motifs is 17. The summed E-state index contributed by atoms with van der Waals surface area (Å²) in [6.45, 7) is 23.2. The van der Waals surface area contributed by atoms with Gasteiger partial charge < -0.3 is 73.5 Å². The third-order valence-electron chi connectivity index (χ3n) is 27.0. The van der Waals surface area contributed by atoms with Crippen molar-refractivity contribution in [1.82, 2.24) is 60.6 Å². The standard InChI is InChI=1S/C33H42ClN4O5.C31H40ClN4O5.C29H36ClN4O5.3V/c1-5-20-26(17-39)38-16-28(20)42-30-24(35-23-12-11-19(34)15-25(23)36-30)10-8-6-7-9-21-22-13-18(22)14-27(21)43-32(41)37-29(31(38)40)33(2,3)4;1-18-24(17-37)36-16-26(18)40-28-22(33-21-14-13-20(32)15-23(21)34-28)11-7-5-6-9-19-10-8-12-25(19)41-30(39)35-27(29(36)38)31(2,3)4;1-16-22(15-35)34-14-24(16)38-26-20(31-19-11-10-18(30)13-21(19)32-26)9-7-5-6-8-17-12-23(17)39-28(37)33-25(27(34)36)29(2,3)4;;;/h11-12,15,18,20-22,26-29H,5-10,13-14,16H2,1-4H3,(H,37,41);13-15,18-19,24-27H,5-12,16H2,1-4H3,(H,35,39);10-11,13,16-17,22-25H,5-9,12,14H2,1-4H3,(H,33,37);;;/q3*-1;;;/t18?,20-,21+,22?,26+,27+,28-,29+;18-,19+,24+,25+,26-,27+;16-,17+,22+,23+,24-,25+;;;/m000.../s1. The van der Waals surface area contributed by atoms with Crippen LogP contribution in [-0.2, 0) is 118 Å². The molecule has 3 radical (unpaired) electrons.